The molecule has 0 saturated heterocycles. The highest BCUT2D eigenvalue weighted by molar-refractivity contribution is 5.97. The van der Waals surface area contributed by atoms with Crippen LogP contribution in [0, 0.1) is 5.92 Å². The van der Waals surface area contributed by atoms with Crippen LogP contribution in [-0.2, 0) is 14.3 Å². The van der Waals surface area contributed by atoms with Gasteiger partial charge in [0, 0.05) is 18.9 Å². The van der Waals surface area contributed by atoms with Crippen molar-refractivity contribution in [1.29, 1.82) is 0 Å². The summed E-state index contributed by atoms with van der Waals surface area (Å²) in [5.74, 6) is 0.266. The molecule has 0 spiro atoms. The summed E-state index contributed by atoms with van der Waals surface area (Å²) < 4.78 is 6.22. The predicted octanol–water partition coefficient (Wildman–Crippen LogP) is 2.87. The van der Waals surface area contributed by atoms with Gasteiger partial charge in [0.05, 0.1) is 18.2 Å². The number of rotatable bonds is 7. The van der Waals surface area contributed by atoms with Gasteiger partial charge in [0.1, 0.15) is 0 Å². The summed E-state index contributed by atoms with van der Waals surface area (Å²) in [6, 6.07) is -0.572. The first kappa shape index (κ1) is 20.1. The predicted molar refractivity (Wildman–Crippen MR) is 99.1 cm³/mol. The second-order valence-corrected chi connectivity index (χ2v) is 7.52. The summed E-state index contributed by atoms with van der Waals surface area (Å²) >= 11 is 0. The van der Waals surface area contributed by atoms with Crippen LogP contribution in [0.4, 0.5) is 0 Å². The van der Waals surface area contributed by atoms with Crippen molar-refractivity contribution in [3.63, 3.8) is 0 Å². The maximum absolute atomic E-state index is 12.9. The van der Waals surface area contributed by atoms with E-state index in [1.165, 1.54) is 13.3 Å². The van der Waals surface area contributed by atoms with Crippen molar-refractivity contribution >= 4 is 11.7 Å². The molecule has 2 aliphatic carbocycles. The molecule has 0 aromatic carbocycles. The normalized spacial score (nSPS) is 27.9. The zero-order chi connectivity index (χ0) is 18.4. The van der Waals surface area contributed by atoms with Crippen LogP contribution in [0.1, 0.15) is 72.1 Å². The van der Waals surface area contributed by atoms with Gasteiger partial charge in [0.2, 0.25) is 5.91 Å². The van der Waals surface area contributed by atoms with Crippen LogP contribution in [0.2, 0.25) is 0 Å². The number of nitrogens with one attached hydrogen (secondary N) is 1. The maximum atomic E-state index is 12.9. The van der Waals surface area contributed by atoms with Crippen LogP contribution < -0.4 is 11.1 Å². The first-order valence-electron chi connectivity index (χ1n) is 9.89. The highest BCUT2D eigenvalue weighted by atomic mass is 16.5. The zero-order valence-corrected chi connectivity index (χ0v) is 15.9. The van der Waals surface area contributed by atoms with Crippen LogP contribution in [0.25, 0.3) is 0 Å². The Labute approximate surface area is 151 Å². The Hall–Kier alpha value is -1.20. The fourth-order valence-corrected chi connectivity index (χ4v) is 4.06. The van der Waals surface area contributed by atoms with Gasteiger partial charge in [-0.3, -0.25) is 9.59 Å². The van der Waals surface area contributed by atoms with E-state index >= 15 is 0 Å². The number of Topliss-reactive ketones (excluding diaryl/α,β-unsaturated/α-hetero) is 1. The van der Waals surface area contributed by atoms with E-state index in [4.69, 9.17) is 10.5 Å². The lowest BCUT2D eigenvalue weighted by Crippen LogP contribution is -2.57. The van der Waals surface area contributed by atoms with Crippen LogP contribution in [0.5, 0.6) is 0 Å². The van der Waals surface area contributed by atoms with Crippen molar-refractivity contribution in [3.8, 4) is 0 Å². The molecule has 0 aromatic rings. The molecule has 25 heavy (non-hydrogen) atoms. The van der Waals surface area contributed by atoms with Crippen LogP contribution in [0.3, 0.4) is 0 Å². The van der Waals surface area contributed by atoms with Crippen molar-refractivity contribution in [3.05, 3.63) is 11.6 Å². The second kappa shape index (κ2) is 9.48. The van der Waals surface area contributed by atoms with E-state index in [1.807, 2.05) is 6.08 Å². The third kappa shape index (κ3) is 5.38. The molecule has 0 bridgehead atoms. The molecule has 5 nitrogen and oxygen atoms in total. The van der Waals surface area contributed by atoms with Crippen molar-refractivity contribution in [2.75, 3.05) is 0 Å². The van der Waals surface area contributed by atoms with E-state index in [0.717, 1.165) is 44.1 Å². The minimum absolute atomic E-state index is 0.105. The Morgan fingerprint density at radius 2 is 1.88 bits per heavy atom. The van der Waals surface area contributed by atoms with Gasteiger partial charge in [-0.25, -0.2) is 0 Å². The summed E-state index contributed by atoms with van der Waals surface area (Å²) in [6.07, 6.45) is 9.50. The topological polar surface area (TPSA) is 81.4 Å². The first-order chi connectivity index (χ1) is 12.0. The largest absolute Gasteiger partial charge is 0.369 e. The Bertz CT molecular complexity index is 493. The quantitative estimate of drug-likeness (QED) is 0.740. The molecule has 0 radical (unpaired) electrons. The number of nitrogens with two attached hydrogens (primary N) is 1. The molecule has 0 aliphatic heterocycles. The van der Waals surface area contributed by atoms with Gasteiger partial charge in [0.15, 0.2) is 5.78 Å². The summed E-state index contributed by atoms with van der Waals surface area (Å²) in [7, 11) is 0. The molecule has 1 fully saturated rings. The average molecular weight is 351 g/mol. The van der Waals surface area contributed by atoms with Crippen LogP contribution in [0.15, 0.2) is 11.6 Å². The van der Waals surface area contributed by atoms with Gasteiger partial charge in [-0.1, -0.05) is 33.1 Å². The summed E-state index contributed by atoms with van der Waals surface area (Å²) in [5, 5.41) is 2.93. The molecule has 3 atom stereocenters. The Balaban J connectivity index is 2.19. The SMILES string of the molecule is CCC(CC)O[C@@H]1C=C(C(=O)C2CCCCC2)C[C@H](N)[C@H]1NC(C)=O. The number of amides is 1. The molecule has 0 unspecified atom stereocenters. The third-order valence-electron chi connectivity index (χ3n) is 5.56. The molecule has 142 valence electrons. The minimum Gasteiger partial charge on any atom is -0.369 e. The Kier molecular flexibility index (Phi) is 7.63. The number of hydrogen-bond acceptors (Lipinski definition) is 4. The second-order valence-electron chi connectivity index (χ2n) is 7.52. The molecule has 3 N–H and O–H groups in total. The molecule has 2 aliphatic rings. The first-order valence-corrected chi connectivity index (χ1v) is 9.89. The molecule has 2 rings (SSSR count). The molecule has 0 aromatic heterocycles. The van der Waals surface area contributed by atoms with E-state index in [2.05, 4.69) is 19.2 Å². The van der Waals surface area contributed by atoms with Gasteiger partial charge < -0.3 is 15.8 Å². The lowest BCUT2D eigenvalue weighted by atomic mass is 9.79. The maximum Gasteiger partial charge on any atom is 0.217 e. The van der Waals surface area contributed by atoms with Crippen molar-refractivity contribution in [1.82, 2.24) is 5.32 Å². The van der Waals surface area contributed by atoms with E-state index in [0.29, 0.717) is 6.42 Å². The molecular formula is C20H34N2O3. The minimum atomic E-state index is -0.333. The lowest BCUT2D eigenvalue weighted by molar-refractivity contribution is -0.121. The van der Waals surface area contributed by atoms with Crippen LogP contribution >= 0.6 is 0 Å². The van der Waals surface area contributed by atoms with Gasteiger partial charge in [-0.15, -0.1) is 0 Å². The molecule has 0 heterocycles. The van der Waals surface area contributed by atoms with Crippen molar-refractivity contribution in [2.45, 2.75) is 96.4 Å². The number of hydrogen-bond donors (Lipinski definition) is 2. The van der Waals surface area contributed by atoms with E-state index in [1.54, 1.807) is 0 Å². The summed E-state index contributed by atoms with van der Waals surface area (Å²) in [4.78, 5) is 24.5. The molecular weight excluding hydrogens is 316 g/mol. The summed E-state index contributed by atoms with van der Waals surface area (Å²) in [5.41, 5.74) is 7.15. The van der Waals surface area contributed by atoms with E-state index in [9.17, 15) is 9.59 Å². The van der Waals surface area contributed by atoms with Gasteiger partial charge in [-0.05, 0) is 43.8 Å². The lowest BCUT2D eigenvalue weighted by Gasteiger charge is -2.37. The van der Waals surface area contributed by atoms with Gasteiger partial charge in [-0.2, -0.15) is 0 Å². The fourth-order valence-electron chi connectivity index (χ4n) is 4.06. The fraction of sp³-hybridized carbons (Fsp3) is 0.800. The summed E-state index contributed by atoms with van der Waals surface area (Å²) in [6.45, 7) is 5.66. The highest BCUT2D eigenvalue weighted by Crippen LogP contribution is 2.31. The smallest absolute Gasteiger partial charge is 0.217 e. The number of ketones is 1. The average Bonchev–Trinajstić information content (AvgIpc) is 2.61. The Morgan fingerprint density at radius 1 is 1.24 bits per heavy atom. The zero-order valence-electron chi connectivity index (χ0n) is 15.9. The van der Waals surface area contributed by atoms with Crippen molar-refractivity contribution in [2.24, 2.45) is 11.7 Å². The molecule has 1 saturated carbocycles. The standard InChI is InChI=1S/C20H34N2O3/c1-4-16(5-2)25-18-12-15(11-17(21)19(18)22-13(3)23)20(24)14-9-7-6-8-10-14/h12,14,16-19H,4-11,21H2,1-3H3,(H,22,23)/t17-,18+,19+/m0/s1. The molecule has 1 amide bonds. The van der Waals surface area contributed by atoms with Crippen molar-refractivity contribution < 1.29 is 14.3 Å². The van der Waals surface area contributed by atoms with Gasteiger partial charge >= 0.3 is 0 Å². The Morgan fingerprint density at radius 3 is 2.44 bits per heavy atom. The third-order valence-corrected chi connectivity index (χ3v) is 5.56. The van der Waals surface area contributed by atoms with E-state index < -0.39 is 0 Å². The number of carbonyl (C=O) groups excluding carboxylic acids is 2. The monoisotopic (exact) mass is 350 g/mol. The van der Waals surface area contributed by atoms with Gasteiger partial charge in [0.25, 0.3) is 0 Å². The highest BCUT2D eigenvalue weighted by Gasteiger charge is 2.37. The number of carbonyl (C=O) groups is 2. The van der Waals surface area contributed by atoms with E-state index in [-0.39, 0.29) is 41.9 Å². The number of ether oxygens (including phenoxy) is 1. The van der Waals surface area contributed by atoms with Crippen LogP contribution in [-0.4, -0.2) is 36.0 Å². The molecule has 5 heteroatoms.